The largest absolute Gasteiger partial charge is 0.278 e. The fraction of sp³-hybridized carbons (Fsp3) is 0.407. The molecule has 1 unspecified atom stereocenters. The molecule has 3 aromatic rings. The predicted molar refractivity (Wildman–Crippen MR) is 151 cm³/mol. The molecule has 0 spiro atoms. The maximum absolute atomic E-state index is 6.43. The molecular formula is C27H29Cl4N5. The van der Waals surface area contributed by atoms with Crippen LogP contribution in [0, 0.1) is 5.41 Å². The first kappa shape index (κ1) is 27.1. The molecule has 1 aliphatic rings. The normalized spacial score (nSPS) is 17.2. The number of allylic oxidation sites excluding steroid dienone is 1. The monoisotopic (exact) mass is 563 g/mol. The lowest BCUT2D eigenvalue weighted by atomic mass is 9.80. The van der Waals surface area contributed by atoms with Crippen LogP contribution in [0.4, 0.5) is 0 Å². The van der Waals surface area contributed by atoms with Crippen LogP contribution in [0.3, 0.4) is 0 Å². The first-order valence-electron chi connectivity index (χ1n) is 12.0. The first-order valence-corrected chi connectivity index (χ1v) is 13.5. The van der Waals surface area contributed by atoms with E-state index in [1.165, 1.54) is 0 Å². The van der Waals surface area contributed by atoms with E-state index in [4.69, 9.17) is 51.4 Å². The average molecular weight is 565 g/mol. The summed E-state index contributed by atoms with van der Waals surface area (Å²) < 4.78 is 1.92. The van der Waals surface area contributed by atoms with Gasteiger partial charge < -0.3 is 0 Å². The van der Waals surface area contributed by atoms with Gasteiger partial charge in [0, 0.05) is 26.8 Å². The van der Waals surface area contributed by atoms with E-state index in [0.717, 1.165) is 49.1 Å². The van der Waals surface area contributed by atoms with Crippen molar-refractivity contribution in [3.05, 3.63) is 79.5 Å². The second-order valence-electron chi connectivity index (χ2n) is 10.3. The minimum atomic E-state index is -0.542. The van der Waals surface area contributed by atoms with E-state index >= 15 is 0 Å². The van der Waals surface area contributed by atoms with Crippen LogP contribution in [-0.4, -0.2) is 26.4 Å². The third-order valence-electron chi connectivity index (χ3n) is 6.57. The summed E-state index contributed by atoms with van der Waals surface area (Å²) in [7, 11) is 0. The highest BCUT2D eigenvalue weighted by Gasteiger charge is 2.41. The molecule has 5 nitrogen and oxygen atoms in total. The maximum atomic E-state index is 6.43. The highest BCUT2D eigenvalue weighted by atomic mass is 35.5. The number of rotatable bonds is 6. The smallest absolute Gasteiger partial charge is 0.179 e. The number of aliphatic imine (C=N–C) groups is 1. The summed E-state index contributed by atoms with van der Waals surface area (Å²) in [6, 6.07) is 10.8. The van der Waals surface area contributed by atoms with E-state index in [2.05, 4.69) is 42.4 Å². The van der Waals surface area contributed by atoms with Crippen molar-refractivity contribution in [1.82, 2.24) is 20.2 Å². The molecule has 0 radical (unpaired) electrons. The van der Waals surface area contributed by atoms with E-state index in [-0.39, 0.29) is 11.5 Å². The molecule has 9 heteroatoms. The van der Waals surface area contributed by atoms with E-state index < -0.39 is 5.54 Å². The number of halogens is 4. The molecule has 36 heavy (non-hydrogen) atoms. The average Bonchev–Trinajstić information content (AvgIpc) is 3.30. The Morgan fingerprint density at radius 3 is 2.11 bits per heavy atom. The zero-order valence-electron chi connectivity index (χ0n) is 20.6. The first-order chi connectivity index (χ1) is 17.1. The van der Waals surface area contributed by atoms with Gasteiger partial charge >= 0.3 is 0 Å². The molecule has 0 aliphatic heterocycles. The molecule has 1 aliphatic carbocycles. The number of benzene rings is 2. The summed E-state index contributed by atoms with van der Waals surface area (Å²) in [6.45, 7) is 6.50. The summed E-state index contributed by atoms with van der Waals surface area (Å²) in [4.78, 5) is 5.11. The zero-order chi connectivity index (χ0) is 25.9. The van der Waals surface area contributed by atoms with Crippen molar-refractivity contribution >= 4 is 58.7 Å². The van der Waals surface area contributed by atoms with Gasteiger partial charge in [-0.05, 0) is 58.5 Å². The molecule has 190 valence electrons. The second kappa shape index (κ2) is 11.2. The van der Waals surface area contributed by atoms with Gasteiger partial charge in [-0.15, -0.1) is 5.10 Å². The van der Waals surface area contributed by atoms with Crippen LogP contribution in [0.25, 0.3) is 6.08 Å². The van der Waals surface area contributed by atoms with Crippen LogP contribution in [0.5, 0.6) is 0 Å². The summed E-state index contributed by atoms with van der Waals surface area (Å²) in [5.74, 6) is 0.760. The van der Waals surface area contributed by atoms with Crippen LogP contribution in [-0.2, 0) is 5.54 Å². The Hall–Kier alpha value is -1.92. The zero-order valence-corrected chi connectivity index (χ0v) is 23.6. The fourth-order valence-electron chi connectivity index (χ4n) is 4.60. The van der Waals surface area contributed by atoms with Gasteiger partial charge in [-0.3, -0.25) is 4.99 Å². The Kier molecular flexibility index (Phi) is 8.45. The highest BCUT2D eigenvalue weighted by molar-refractivity contribution is 6.36. The summed E-state index contributed by atoms with van der Waals surface area (Å²) in [5.41, 5.74) is 0.973. The van der Waals surface area contributed by atoms with Gasteiger partial charge in [-0.1, -0.05) is 111 Å². The van der Waals surface area contributed by atoms with Crippen LogP contribution in [0.15, 0.2) is 47.5 Å². The van der Waals surface area contributed by atoms with Gasteiger partial charge in [0.2, 0.25) is 0 Å². The van der Waals surface area contributed by atoms with E-state index in [1.54, 1.807) is 12.1 Å². The third kappa shape index (κ3) is 6.13. The van der Waals surface area contributed by atoms with Crippen LogP contribution in [0.2, 0.25) is 20.1 Å². The van der Waals surface area contributed by atoms with Crippen LogP contribution in [0.1, 0.15) is 75.9 Å². The van der Waals surface area contributed by atoms with Gasteiger partial charge in [0.25, 0.3) is 0 Å². The van der Waals surface area contributed by atoms with Crippen molar-refractivity contribution in [2.45, 2.75) is 64.5 Å². The maximum Gasteiger partial charge on any atom is 0.179 e. The Labute approximate surface area is 232 Å². The second-order valence-corrected chi connectivity index (χ2v) is 12.0. The molecule has 2 aromatic carbocycles. The summed E-state index contributed by atoms with van der Waals surface area (Å²) in [6.07, 6.45) is 10.9. The Morgan fingerprint density at radius 2 is 1.53 bits per heavy atom. The molecule has 4 rings (SSSR count). The Bertz CT molecular complexity index is 1270. The quantitative estimate of drug-likeness (QED) is 0.281. The fourth-order valence-corrected chi connectivity index (χ4v) is 5.53. The molecule has 0 bridgehead atoms. The van der Waals surface area contributed by atoms with Crippen LogP contribution < -0.4 is 0 Å². The predicted octanol–water partition coefficient (Wildman–Crippen LogP) is 8.87. The minimum absolute atomic E-state index is 0.137. The van der Waals surface area contributed by atoms with Crippen molar-refractivity contribution in [3.63, 3.8) is 0 Å². The number of aromatic nitrogens is 4. The highest BCUT2D eigenvalue weighted by Crippen LogP contribution is 2.42. The molecule has 1 saturated carbocycles. The van der Waals surface area contributed by atoms with Crippen molar-refractivity contribution in [1.29, 1.82) is 0 Å². The number of hydrogen-bond acceptors (Lipinski definition) is 4. The van der Waals surface area contributed by atoms with E-state index in [9.17, 15) is 0 Å². The standard InChI is InChI=1S/C27H29Cl4N5/c1-26(2,3)24(12-9-18-7-10-20(28)15-22(18)30)36-25(33-34-35-36)27(13-5-4-6-14-27)32-17-19-8-11-21(29)16-23(19)31/h7-12,15-17,24H,4-6,13-14H2,1-3H3/b12-9-,32-17?. The van der Waals surface area contributed by atoms with Gasteiger partial charge in [0.1, 0.15) is 5.54 Å². The van der Waals surface area contributed by atoms with Gasteiger partial charge in [-0.2, -0.15) is 0 Å². The van der Waals surface area contributed by atoms with Crippen molar-refractivity contribution in [2.75, 3.05) is 0 Å². The Morgan fingerprint density at radius 1 is 0.917 bits per heavy atom. The van der Waals surface area contributed by atoms with E-state index in [0.29, 0.717) is 20.1 Å². The topological polar surface area (TPSA) is 56.0 Å². The molecule has 1 aromatic heterocycles. The number of nitrogens with zero attached hydrogens (tertiary/aromatic N) is 5. The van der Waals surface area contributed by atoms with Gasteiger partial charge in [-0.25, -0.2) is 4.68 Å². The SMILES string of the molecule is CC(C)(C)C(/C=C\c1ccc(Cl)cc1Cl)n1nnnc1C1(N=Cc2ccc(Cl)cc2Cl)CCCCC1. The number of tetrazole rings is 1. The lowest BCUT2D eigenvalue weighted by molar-refractivity contribution is 0.228. The molecule has 1 fully saturated rings. The molecule has 1 heterocycles. The molecule has 1 atom stereocenters. The summed E-state index contributed by atoms with van der Waals surface area (Å²) >= 11 is 25.0. The lowest BCUT2D eigenvalue weighted by Gasteiger charge is -2.35. The third-order valence-corrected chi connectivity index (χ3v) is 7.70. The minimum Gasteiger partial charge on any atom is -0.278 e. The number of hydrogen-bond donors (Lipinski definition) is 0. The van der Waals surface area contributed by atoms with Crippen molar-refractivity contribution in [2.24, 2.45) is 10.4 Å². The molecule has 0 amide bonds. The molecular weight excluding hydrogens is 536 g/mol. The van der Waals surface area contributed by atoms with Crippen LogP contribution >= 0.6 is 46.4 Å². The lowest BCUT2D eigenvalue weighted by Crippen LogP contribution is -2.35. The molecule has 0 saturated heterocycles. The van der Waals surface area contributed by atoms with Gasteiger partial charge in [0.15, 0.2) is 5.82 Å². The molecule has 0 N–H and O–H groups in total. The van der Waals surface area contributed by atoms with Crippen molar-refractivity contribution < 1.29 is 0 Å². The van der Waals surface area contributed by atoms with E-state index in [1.807, 2.05) is 41.2 Å². The van der Waals surface area contributed by atoms with Crippen molar-refractivity contribution in [3.8, 4) is 0 Å². The summed E-state index contributed by atoms with van der Waals surface area (Å²) in [5, 5.41) is 15.5. The Balaban J connectivity index is 1.75. The van der Waals surface area contributed by atoms with Gasteiger partial charge in [0.05, 0.1) is 11.1 Å².